The molecule has 4 rings (SSSR count). The highest BCUT2D eigenvalue weighted by Gasteiger charge is 2.30. The summed E-state index contributed by atoms with van der Waals surface area (Å²) in [5, 5.41) is 3.38. The molecule has 0 amide bonds. The fraction of sp³-hybridized carbons (Fsp3) is 0.526. The predicted octanol–water partition coefficient (Wildman–Crippen LogP) is 3.03. The number of aromatic nitrogens is 1. The first kappa shape index (κ1) is 16.1. The van der Waals surface area contributed by atoms with Crippen LogP contribution in [0, 0.1) is 0 Å². The van der Waals surface area contributed by atoms with Gasteiger partial charge in [0.15, 0.2) is 5.13 Å². The van der Waals surface area contributed by atoms with Crippen molar-refractivity contribution < 1.29 is 0 Å². The lowest BCUT2D eigenvalue weighted by atomic mass is 10.2. The zero-order valence-corrected chi connectivity index (χ0v) is 15.2. The van der Waals surface area contributed by atoms with Crippen molar-refractivity contribution in [3.8, 4) is 11.3 Å². The molecule has 24 heavy (non-hydrogen) atoms. The minimum absolute atomic E-state index is 0.702. The van der Waals surface area contributed by atoms with Gasteiger partial charge in [0.1, 0.15) is 0 Å². The molecule has 0 bridgehead atoms. The Labute approximate surface area is 148 Å². The maximum absolute atomic E-state index is 4.89. The van der Waals surface area contributed by atoms with Crippen molar-refractivity contribution in [1.29, 1.82) is 0 Å². The number of benzene rings is 1. The topological polar surface area (TPSA) is 22.6 Å². The molecule has 1 aromatic heterocycles. The van der Waals surface area contributed by atoms with Gasteiger partial charge in [-0.2, -0.15) is 0 Å². The molecule has 2 fully saturated rings. The van der Waals surface area contributed by atoms with Crippen molar-refractivity contribution in [2.75, 3.05) is 50.7 Å². The first-order chi connectivity index (χ1) is 11.8. The maximum atomic E-state index is 4.89. The Morgan fingerprint density at radius 2 is 1.88 bits per heavy atom. The third-order valence-electron chi connectivity index (χ3n) is 5.37. The summed E-state index contributed by atoms with van der Waals surface area (Å²) in [5.74, 6) is 0. The van der Waals surface area contributed by atoms with Crippen molar-refractivity contribution in [1.82, 2.24) is 14.8 Å². The zero-order valence-electron chi connectivity index (χ0n) is 14.4. The molecule has 2 aromatic rings. The molecule has 0 aliphatic carbocycles. The molecular formula is C19H26N4S. The van der Waals surface area contributed by atoms with Crippen LogP contribution < -0.4 is 4.90 Å². The number of piperazine rings is 1. The van der Waals surface area contributed by atoms with E-state index in [0.717, 1.165) is 18.8 Å². The van der Waals surface area contributed by atoms with Gasteiger partial charge in [-0.25, -0.2) is 4.98 Å². The van der Waals surface area contributed by atoms with Crippen LogP contribution in [0.25, 0.3) is 11.3 Å². The third-order valence-corrected chi connectivity index (χ3v) is 6.27. The van der Waals surface area contributed by atoms with E-state index in [1.807, 2.05) is 0 Å². The van der Waals surface area contributed by atoms with Gasteiger partial charge in [-0.3, -0.25) is 4.90 Å². The second-order valence-electron chi connectivity index (χ2n) is 6.74. The molecule has 2 saturated heterocycles. The molecule has 2 aliphatic heterocycles. The Morgan fingerprint density at radius 1 is 1.08 bits per heavy atom. The van der Waals surface area contributed by atoms with Gasteiger partial charge >= 0.3 is 0 Å². The fourth-order valence-corrected chi connectivity index (χ4v) is 4.68. The van der Waals surface area contributed by atoms with E-state index in [0.29, 0.717) is 6.04 Å². The Bertz CT molecular complexity index is 648. The second-order valence-corrected chi connectivity index (χ2v) is 7.58. The van der Waals surface area contributed by atoms with Gasteiger partial charge in [0.05, 0.1) is 5.69 Å². The van der Waals surface area contributed by atoms with Crippen LogP contribution in [0.2, 0.25) is 0 Å². The lowest BCUT2D eigenvalue weighted by Crippen LogP contribution is -2.50. The van der Waals surface area contributed by atoms with Crippen LogP contribution in [0.4, 0.5) is 5.13 Å². The normalized spacial score (nSPS) is 23.0. The van der Waals surface area contributed by atoms with E-state index in [1.54, 1.807) is 11.3 Å². The van der Waals surface area contributed by atoms with E-state index in [9.17, 15) is 0 Å². The highest BCUT2D eigenvalue weighted by Crippen LogP contribution is 2.30. The first-order valence-corrected chi connectivity index (χ1v) is 9.94. The average Bonchev–Trinajstić information content (AvgIpc) is 3.32. The summed E-state index contributed by atoms with van der Waals surface area (Å²) >= 11 is 1.78. The Morgan fingerprint density at radius 3 is 2.62 bits per heavy atom. The molecule has 128 valence electrons. The van der Waals surface area contributed by atoms with Gasteiger partial charge in [0.2, 0.25) is 0 Å². The Kier molecular flexibility index (Phi) is 4.83. The van der Waals surface area contributed by atoms with E-state index >= 15 is 0 Å². The van der Waals surface area contributed by atoms with Gasteiger partial charge in [-0.15, -0.1) is 11.3 Å². The van der Waals surface area contributed by atoms with Gasteiger partial charge in [-0.05, 0) is 13.0 Å². The third kappa shape index (κ3) is 3.34. The average molecular weight is 343 g/mol. The van der Waals surface area contributed by atoms with Crippen LogP contribution in [0.1, 0.15) is 13.3 Å². The molecule has 1 aromatic carbocycles. The number of thiazole rings is 1. The van der Waals surface area contributed by atoms with E-state index in [-0.39, 0.29) is 0 Å². The Hall–Kier alpha value is -1.43. The van der Waals surface area contributed by atoms with Crippen molar-refractivity contribution in [2.45, 2.75) is 19.4 Å². The summed E-state index contributed by atoms with van der Waals surface area (Å²) in [6.45, 7) is 10.6. The quantitative estimate of drug-likeness (QED) is 0.852. The maximum Gasteiger partial charge on any atom is 0.185 e. The van der Waals surface area contributed by atoms with Crippen LogP contribution in [0.15, 0.2) is 35.7 Å². The van der Waals surface area contributed by atoms with Gasteiger partial charge in [0, 0.05) is 56.3 Å². The molecule has 1 atom stereocenters. The fourth-order valence-electron chi connectivity index (χ4n) is 3.81. The molecule has 4 nitrogen and oxygen atoms in total. The largest absolute Gasteiger partial charge is 0.346 e. The molecule has 3 heterocycles. The standard InChI is InChI=1S/C19H26N4S/c1-2-21-10-12-22(13-11-21)17-8-9-23(14-17)19-20-18(15-24-19)16-6-4-3-5-7-16/h3-7,15,17H,2,8-14H2,1H3. The number of anilines is 1. The minimum atomic E-state index is 0.702. The number of hydrogen-bond acceptors (Lipinski definition) is 5. The molecular weight excluding hydrogens is 316 g/mol. The minimum Gasteiger partial charge on any atom is -0.346 e. The molecule has 5 heteroatoms. The summed E-state index contributed by atoms with van der Waals surface area (Å²) in [4.78, 5) is 12.6. The van der Waals surface area contributed by atoms with Crippen LogP contribution in [-0.2, 0) is 0 Å². The monoisotopic (exact) mass is 342 g/mol. The summed E-state index contributed by atoms with van der Waals surface area (Å²) in [6.07, 6.45) is 1.27. The molecule has 0 radical (unpaired) electrons. The van der Waals surface area contributed by atoms with Crippen molar-refractivity contribution in [3.05, 3.63) is 35.7 Å². The lowest BCUT2D eigenvalue weighted by Gasteiger charge is -2.37. The predicted molar refractivity (Wildman–Crippen MR) is 102 cm³/mol. The highest BCUT2D eigenvalue weighted by atomic mass is 32.1. The smallest absolute Gasteiger partial charge is 0.185 e. The lowest BCUT2D eigenvalue weighted by molar-refractivity contribution is 0.107. The van der Waals surface area contributed by atoms with Gasteiger partial charge in [0.25, 0.3) is 0 Å². The van der Waals surface area contributed by atoms with Crippen molar-refractivity contribution in [3.63, 3.8) is 0 Å². The first-order valence-electron chi connectivity index (χ1n) is 9.06. The zero-order chi connectivity index (χ0) is 16.4. The van der Waals surface area contributed by atoms with Crippen molar-refractivity contribution >= 4 is 16.5 Å². The number of likely N-dealkylation sites (N-methyl/N-ethyl adjacent to an activating group) is 1. The molecule has 0 spiro atoms. The molecule has 2 aliphatic rings. The van der Waals surface area contributed by atoms with E-state index in [4.69, 9.17) is 4.98 Å². The van der Waals surface area contributed by atoms with Crippen LogP contribution >= 0.6 is 11.3 Å². The van der Waals surface area contributed by atoms with Crippen LogP contribution in [0.5, 0.6) is 0 Å². The summed E-state index contributed by atoms with van der Waals surface area (Å²) in [5.41, 5.74) is 2.32. The van der Waals surface area contributed by atoms with Crippen molar-refractivity contribution in [2.24, 2.45) is 0 Å². The second kappa shape index (κ2) is 7.21. The van der Waals surface area contributed by atoms with Crippen LogP contribution in [-0.4, -0.2) is 66.6 Å². The molecule has 0 N–H and O–H groups in total. The Balaban J connectivity index is 1.38. The van der Waals surface area contributed by atoms with E-state index < -0.39 is 0 Å². The SMILES string of the molecule is CCN1CCN(C2CCN(c3nc(-c4ccccc4)cs3)C2)CC1. The van der Waals surface area contributed by atoms with E-state index in [1.165, 1.54) is 49.8 Å². The summed E-state index contributed by atoms with van der Waals surface area (Å²) in [6, 6.07) is 11.2. The number of hydrogen-bond donors (Lipinski definition) is 0. The number of rotatable bonds is 4. The molecule has 1 unspecified atom stereocenters. The highest BCUT2D eigenvalue weighted by molar-refractivity contribution is 7.14. The molecule has 0 saturated carbocycles. The van der Waals surface area contributed by atoms with E-state index in [2.05, 4.69) is 57.3 Å². The summed E-state index contributed by atoms with van der Waals surface area (Å²) < 4.78 is 0. The summed E-state index contributed by atoms with van der Waals surface area (Å²) in [7, 11) is 0. The van der Waals surface area contributed by atoms with Gasteiger partial charge in [-0.1, -0.05) is 37.3 Å². The van der Waals surface area contributed by atoms with Crippen LogP contribution in [0.3, 0.4) is 0 Å². The van der Waals surface area contributed by atoms with Gasteiger partial charge < -0.3 is 9.80 Å². The number of nitrogens with zero attached hydrogens (tertiary/aromatic N) is 4.